The molecule has 29 heavy (non-hydrogen) atoms. The summed E-state index contributed by atoms with van der Waals surface area (Å²) in [4.78, 5) is 28.9. The van der Waals surface area contributed by atoms with Gasteiger partial charge in [-0.25, -0.2) is 0 Å². The zero-order chi connectivity index (χ0) is 21.1. The van der Waals surface area contributed by atoms with E-state index in [1.807, 2.05) is 45.9 Å². The van der Waals surface area contributed by atoms with Crippen molar-refractivity contribution in [2.24, 2.45) is 5.41 Å². The Morgan fingerprint density at radius 3 is 2.52 bits per heavy atom. The van der Waals surface area contributed by atoms with Gasteiger partial charge in [0.2, 0.25) is 5.91 Å². The zero-order valence-corrected chi connectivity index (χ0v) is 18.5. The summed E-state index contributed by atoms with van der Waals surface area (Å²) in [6.45, 7) is 9.25. The molecule has 3 rings (SSSR count). The van der Waals surface area contributed by atoms with Gasteiger partial charge in [0, 0.05) is 29.8 Å². The number of thiophene rings is 1. The Morgan fingerprint density at radius 1 is 1.21 bits per heavy atom. The van der Waals surface area contributed by atoms with Gasteiger partial charge in [0.1, 0.15) is 0 Å². The molecule has 1 unspecified atom stereocenters. The highest BCUT2D eigenvalue weighted by Gasteiger charge is 2.46. The van der Waals surface area contributed by atoms with Gasteiger partial charge in [-0.3, -0.25) is 9.59 Å². The van der Waals surface area contributed by atoms with Gasteiger partial charge in [-0.05, 0) is 29.5 Å². The van der Waals surface area contributed by atoms with Gasteiger partial charge in [0.05, 0.1) is 13.2 Å². The predicted molar refractivity (Wildman–Crippen MR) is 117 cm³/mol. The number of amides is 2. The first kappa shape index (κ1) is 21.5. The Balaban J connectivity index is 1.85. The number of morpholine rings is 1. The third-order valence-corrected chi connectivity index (χ3v) is 6.03. The van der Waals surface area contributed by atoms with Crippen molar-refractivity contribution < 1.29 is 14.3 Å². The fourth-order valence-electron chi connectivity index (χ4n) is 3.64. The summed E-state index contributed by atoms with van der Waals surface area (Å²) in [6, 6.07) is 12.4. The van der Waals surface area contributed by atoms with Crippen LogP contribution in [0.5, 0.6) is 0 Å². The Bertz CT molecular complexity index is 840. The number of carbonyl (C=O) groups excluding carboxylic acids is 2. The van der Waals surface area contributed by atoms with Crippen LogP contribution in [0.3, 0.4) is 0 Å². The van der Waals surface area contributed by atoms with Gasteiger partial charge in [0.15, 0.2) is 5.60 Å². The van der Waals surface area contributed by atoms with Crippen LogP contribution in [0.2, 0.25) is 0 Å². The van der Waals surface area contributed by atoms with Crippen molar-refractivity contribution in [1.82, 2.24) is 10.2 Å². The second-order valence-corrected chi connectivity index (χ2v) is 9.48. The van der Waals surface area contributed by atoms with Crippen LogP contribution in [0.1, 0.15) is 33.3 Å². The normalized spacial score (nSPS) is 19.8. The highest BCUT2D eigenvalue weighted by atomic mass is 32.1. The third-order valence-electron chi connectivity index (χ3n) is 5.12. The van der Waals surface area contributed by atoms with E-state index in [2.05, 4.69) is 28.9 Å². The van der Waals surface area contributed by atoms with Crippen molar-refractivity contribution >= 4 is 23.2 Å². The molecular formula is C23H30N2O3S. The van der Waals surface area contributed by atoms with Crippen LogP contribution in [0.15, 0.2) is 41.8 Å². The van der Waals surface area contributed by atoms with E-state index in [-0.39, 0.29) is 18.4 Å². The average molecular weight is 415 g/mol. The molecule has 5 nitrogen and oxygen atoms in total. The number of carbonyl (C=O) groups is 2. The molecule has 1 fully saturated rings. The Hall–Kier alpha value is -2.18. The van der Waals surface area contributed by atoms with E-state index in [4.69, 9.17) is 4.74 Å². The minimum Gasteiger partial charge on any atom is -0.361 e. The molecule has 2 heterocycles. The van der Waals surface area contributed by atoms with E-state index >= 15 is 0 Å². The van der Waals surface area contributed by atoms with Crippen molar-refractivity contribution in [3.63, 3.8) is 0 Å². The Morgan fingerprint density at radius 2 is 1.93 bits per heavy atom. The first-order valence-electron chi connectivity index (χ1n) is 10.1. The van der Waals surface area contributed by atoms with Crippen LogP contribution in [0, 0.1) is 5.41 Å². The number of hydrogen-bond acceptors (Lipinski definition) is 4. The summed E-state index contributed by atoms with van der Waals surface area (Å²) >= 11 is 1.70. The van der Waals surface area contributed by atoms with Crippen LogP contribution < -0.4 is 5.32 Å². The monoisotopic (exact) mass is 414 g/mol. The van der Waals surface area contributed by atoms with Gasteiger partial charge >= 0.3 is 0 Å². The number of nitrogens with zero attached hydrogens (tertiary/aromatic N) is 1. The molecule has 2 amide bonds. The van der Waals surface area contributed by atoms with Crippen LogP contribution in [0.4, 0.5) is 0 Å². The van der Waals surface area contributed by atoms with Crippen LogP contribution >= 0.6 is 11.3 Å². The van der Waals surface area contributed by atoms with Crippen molar-refractivity contribution in [1.29, 1.82) is 0 Å². The van der Waals surface area contributed by atoms with Crippen molar-refractivity contribution in [3.05, 3.63) is 47.3 Å². The highest BCUT2D eigenvalue weighted by Crippen LogP contribution is 2.29. The van der Waals surface area contributed by atoms with Gasteiger partial charge in [-0.15, -0.1) is 11.3 Å². The molecule has 1 aliphatic rings. The third kappa shape index (κ3) is 4.87. The van der Waals surface area contributed by atoms with E-state index in [1.54, 1.807) is 16.2 Å². The number of nitrogens with one attached hydrogen (secondary N) is 1. The zero-order valence-electron chi connectivity index (χ0n) is 17.7. The van der Waals surface area contributed by atoms with Gasteiger partial charge < -0.3 is 15.0 Å². The lowest BCUT2D eigenvalue weighted by molar-refractivity contribution is -0.169. The smallest absolute Gasteiger partial charge is 0.254 e. The van der Waals surface area contributed by atoms with Crippen molar-refractivity contribution in [2.45, 2.75) is 39.7 Å². The fourth-order valence-corrected chi connectivity index (χ4v) is 4.37. The summed E-state index contributed by atoms with van der Waals surface area (Å²) in [5.74, 6) is -0.115. The average Bonchev–Trinajstić information content (AvgIpc) is 3.22. The summed E-state index contributed by atoms with van der Waals surface area (Å²) in [7, 11) is 0. The molecule has 0 bridgehead atoms. The lowest BCUT2D eigenvalue weighted by Crippen LogP contribution is -2.63. The standard InChI is InChI=1S/C23H30N2O3S/c1-5-24-20(26)23(16-25(12-13-28-23)21(27)22(2,3)4)15-17-8-10-18(11-9-17)19-7-6-14-29-19/h6-11,14H,5,12-13,15-16H2,1-4H3,(H,24,26). The predicted octanol–water partition coefficient (Wildman–Crippen LogP) is 3.74. The second kappa shape index (κ2) is 8.67. The topological polar surface area (TPSA) is 58.6 Å². The summed E-state index contributed by atoms with van der Waals surface area (Å²) < 4.78 is 6.08. The van der Waals surface area contributed by atoms with Crippen LogP contribution in [0.25, 0.3) is 10.4 Å². The summed E-state index contributed by atoms with van der Waals surface area (Å²) in [5.41, 5.74) is 0.610. The Kier molecular flexibility index (Phi) is 6.44. The van der Waals surface area contributed by atoms with Gasteiger partial charge in [-0.2, -0.15) is 0 Å². The van der Waals surface area contributed by atoms with Crippen molar-refractivity contribution in [2.75, 3.05) is 26.2 Å². The quantitative estimate of drug-likeness (QED) is 0.811. The van der Waals surface area contributed by atoms with Gasteiger partial charge in [-0.1, -0.05) is 51.1 Å². The molecule has 1 aliphatic heterocycles. The maximum atomic E-state index is 13.0. The molecule has 0 spiro atoms. The number of ether oxygens (including phenoxy) is 1. The molecule has 1 N–H and O–H groups in total. The highest BCUT2D eigenvalue weighted by molar-refractivity contribution is 7.13. The summed E-state index contributed by atoms with van der Waals surface area (Å²) in [5, 5.41) is 4.97. The van der Waals surface area contributed by atoms with E-state index < -0.39 is 11.0 Å². The molecule has 2 aromatic rings. The number of rotatable bonds is 5. The molecule has 1 atom stereocenters. The second-order valence-electron chi connectivity index (χ2n) is 8.53. The molecule has 0 radical (unpaired) electrons. The van der Waals surface area contributed by atoms with Crippen LogP contribution in [-0.2, 0) is 20.7 Å². The molecule has 1 aromatic heterocycles. The SMILES string of the molecule is CCNC(=O)C1(Cc2ccc(-c3cccs3)cc2)CN(C(=O)C(C)(C)C)CCO1. The van der Waals surface area contributed by atoms with E-state index in [0.29, 0.717) is 26.1 Å². The van der Waals surface area contributed by atoms with Gasteiger partial charge in [0.25, 0.3) is 5.91 Å². The van der Waals surface area contributed by atoms with Crippen LogP contribution in [-0.4, -0.2) is 48.6 Å². The lowest BCUT2D eigenvalue weighted by Gasteiger charge is -2.43. The van der Waals surface area contributed by atoms with E-state index in [9.17, 15) is 9.59 Å². The number of benzene rings is 1. The fraction of sp³-hybridized carbons (Fsp3) is 0.478. The molecule has 1 aromatic carbocycles. The first-order chi connectivity index (χ1) is 13.7. The van der Waals surface area contributed by atoms with E-state index in [0.717, 1.165) is 11.1 Å². The molecule has 0 aliphatic carbocycles. The molecular weight excluding hydrogens is 384 g/mol. The lowest BCUT2D eigenvalue weighted by atomic mass is 9.88. The number of likely N-dealkylation sites (N-methyl/N-ethyl adjacent to an activating group) is 1. The van der Waals surface area contributed by atoms with E-state index in [1.165, 1.54) is 4.88 Å². The number of hydrogen-bond donors (Lipinski definition) is 1. The maximum absolute atomic E-state index is 13.0. The minimum atomic E-state index is -1.07. The minimum absolute atomic E-state index is 0.0440. The molecule has 156 valence electrons. The molecule has 1 saturated heterocycles. The molecule has 6 heteroatoms. The largest absolute Gasteiger partial charge is 0.361 e. The summed E-state index contributed by atoms with van der Waals surface area (Å²) in [6.07, 6.45) is 0.428. The van der Waals surface area contributed by atoms with Crippen molar-refractivity contribution in [3.8, 4) is 10.4 Å². The Labute approximate surface area is 177 Å². The maximum Gasteiger partial charge on any atom is 0.254 e. The molecule has 0 saturated carbocycles. The first-order valence-corrected chi connectivity index (χ1v) is 11.0.